The molecule has 1 unspecified atom stereocenters. The van der Waals surface area contributed by atoms with E-state index in [1.807, 2.05) is 12.1 Å². The van der Waals surface area contributed by atoms with Crippen molar-refractivity contribution in [2.45, 2.75) is 38.5 Å². The molecule has 1 heterocycles. The number of carbonyl (C=O) groups is 1. The smallest absolute Gasteiger partial charge is 0.167 e. The molecule has 1 fully saturated rings. The van der Waals surface area contributed by atoms with Crippen molar-refractivity contribution in [1.82, 2.24) is 5.32 Å². The van der Waals surface area contributed by atoms with Crippen LogP contribution in [0.4, 0.5) is 0 Å². The summed E-state index contributed by atoms with van der Waals surface area (Å²) in [6.45, 7) is 4.35. The molecule has 2 heteroatoms. The second-order valence-electron chi connectivity index (χ2n) is 6.48. The number of carbonyl (C=O) groups excluding carboxylic acids is 1. The first-order valence-corrected chi connectivity index (χ1v) is 8.68. The van der Waals surface area contributed by atoms with E-state index in [0.717, 1.165) is 37.1 Å². The highest BCUT2D eigenvalue weighted by molar-refractivity contribution is 5.97. The van der Waals surface area contributed by atoms with Crippen LogP contribution < -0.4 is 5.32 Å². The Balaban J connectivity index is 1.62. The number of ketones is 1. The molecule has 0 spiro atoms. The van der Waals surface area contributed by atoms with Crippen molar-refractivity contribution in [3.8, 4) is 0 Å². The van der Waals surface area contributed by atoms with E-state index in [1.165, 1.54) is 17.5 Å². The Morgan fingerprint density at radius 2 is 1.74 bits per heavy atom. The van der Waals surface area contributed by atoms with Gasteiger partial charge in [0, 0.05) is 18.5 Å². The summed E-state index contributed by atoms with van der Waals surface area (Å²) < 4.78 is 0. The summed E-state index contributed by atoms with van der Waals surface area (Å²) in [5.41, 5.74) is 4.60. The second-order valence-corrected chi connectivity index (χ2v) is 6.48. The number of rotatable bonds is 6. The van der Waals surface area contributed by atoms with Gasteiger partial charge in [0.2, 0.25) is 0 Å². The maximum atomic E-state index is 12.4. The van der Waals surface area contributed by atoms with Crippen LogP contribution in [0.1, 0.15) is 52.7 Å². The molecule has 2 aromatic carbocycles. The molecule has 0 aromatic heterocycles. The molecule has 1 aliphatic rings. The van der Waals surface area contributed by atoms with Gasteiger partial charge in [-0.05, 0) is 42.0 Å². The molecule has 120 valence electrons. The standard InChI is InChI=1S/C21H25NO/c1-2-3-16-4-10-19(11-5-16)21(23)14-17-6-8-18(9-7-17)20-12-13-22-15-20/h4-11,20,22H,2-3,12-15H2,1H3. The Bertz CT molecular complexity index is 637. The number of hydrogen-bond acceptors (Lipinski definition) is 2. The molecular formula is C21H25NO. The largest absolute Gasteiger partial charge is 0.316 e. The minimum atomic E-state index is 0.198. The van der Waals surface area contributed by atoms with Crippen molar-refractivity contribution in [1.29, 1.82) is 0 Å². The summed E-state index contributed by atoms with van der Waals surface area (Å²) >= 11 is 0. The summed E-state index contributed by atoms with van der Waals surface area (Å²) in [6, 6.07) is 16.7. The Labute approximate surface area is 138 Å². The van der Waals surface area contributed by atoms with Gasteiger partial charge >= 0.3 is 0 Å². The van der Waals surface area contributed by atoms with E-state index in [-0.39, 0.29) is 5.78 Å². The SMILES string of the molecule is CCCc1ccc(C(=O)Cc2ccc(C3CCNC3)cc2)cc1. The van der Waals surface area contributed by atoms with Crippen molar-refractivity contribution in [3.05, 3.63) is 70.8 Å². The van der Waals surface area contributed by atoms with E-state index in [9.17, 15) is 4.79 Å². The van der Waals surface area contributed by atoms with E-state index in [1.54, 1.807) is 0 Å². The molecule has 1 aliphatic heterocycles. The molecule has 3 rings (SSSR count). The fourth-order valence-corrected chi connectivity index (χ4v) is 3.28. The van der Waals surface area contributed by atoms with Crippen LogP contribution in [0.15, 0.2) is 48.5 Å². The second kappa shape index (κ2) is 7.56. The maximum Gasteiger partial charge on any atom is 0.167 e. The zero-order valence-corrected chi connectivity index (χ0v) is 13.8. The van der Waals surface area contributed by atoms with Gasteiger partial charge in [-0.1, -0.05) is 61.9 Å². The summed E-state index contributed by atoms with van der Waals surface area (Å²) in [7, 11) is 0. The third kappa shape index (κ3) is 4.08. The van der Waals surface area contributed by atoms with Crippen molar-refractivity contribution in [2.24, 2.45) is 0 Å². The summed E-state index contributed by atoms with van der Waals surface area (Å²) in [6.07, 6.45) is 3.90. The van der Waals surface area contributed by atoms with E-state index < -0.39 is 0 Å². The minimum Gasteiger partial charge on any atom is -0.316 e. The van der Waals surface area contributed by atoms with Gasteiger partial charge in [0.1, 0.15) is 0 Å². The van der Waals surface area contributed by atoms with Gasteiger partial charge in [-0.25, -0.2) is 0 Å². The van der Waals surface area contributed by atoms with Gasteiger partial charge in [-0.2, -0.15) is 0 Å². The molecule has 2 nitrogen and oxygen atoms in total. The highest BCUT2D eigenvalue weighted by atomic mass is 16.1. The molecule has 23 heavy (non-hydrogen) atoms. The Morgan fingerprint density at radius 1 is 1.04 bits per heavy atom. The fourth-order valence-electron chi connectivity index (χ4n) is 3.28. The number of Topliss-reactive ketones (excluding diaryl/α,β-unsaturated/α-hetero) is 1. The van der Waals surface area contributed by atoms with Crippen LogP contribution in [-0.4, -0.2) is 18.9 Å². The first kappa shape index (κ1) is 15.9. The van der Waals surface area contributed by atoms with E-state index in [4.69, 9.17) is 0 Å². The molecule has 0 aliphatic carbocycles. The average Bonchev–Trinajstić information content (AvgIpc) is 3.11. The van der Waals surface area contributed by atoms with Crippen molar-refractivity contribution in [2.75, 3.05) is 13.1 Å². The van der Waals surface area contributed by atoms with Gasteiger partial charge < -0.3 is 5.32 Å². The van der Waals surface area contributed by atoms with Crippen LogP contribution in [-0.2, 0) is 12.8 Å². The lowest BCUT2D eigenvalue weighted by Crippen LogP contribution is -2.08. The van der Waals surface area contributed by atoms with Crippen molar-refractivity contribution < 1.29 is 4.79 Å². The molecule has 0 amide bonds. The predicted octanol–water partition coefficient (Wildman–Crippen LogP) is 4.14. The summed E-state index contributed by atoms with van der Waals surface area (Å²) in [4.78, 5) is 12.4. The number of aryl methyl sites for hydroxylation is 1. The molecule has 0 radical (unpaired) electrons. The lowest BCUT2D eigenvalue weighted by molar-refractivity contribution is 0.0993. The van der Waals surface area contributed by atoms with Crippen LogP contribution in [0.25, 0.3) is 0 Å². The topological polar surface area (TPSA) is 29.1 Å². The third-order valence-corrected chi connectivity index (χ3v) is 4.69. The molecule has 0 bridgehead atoms. The Morgan fingerprint density at radius 3 is 2.35 bits per heavy atom. The first-order chi connectivity index (χ1) is 11.3. The van der Waals surface area contributed by atoms with Gasteiger partial charge in [0.05, 0.1) is 0 Å². The Kier molecular flexibility index (Phi) is 5.24. The van der Waals surface area contributed by atoms with Crippen LogP contribution in [0, 0.1) is 0 Å². The summed E-state index contributed by atoms with van der Waals surface area (Å²) in [5.74, 6) is 0.828. The van der Waals surface area contributed by atoms with Gasteiger partial charge in [-0.15, -0.1) is 0 Å². The first-order valence-electron chi connectivity index (χ1n) is 8.68. The summed E-state index contributed by atoms with van der Waals surface area (Å²) in [5, 5.41) is 3.40. The highest BCUT2D eigenvalue weighted by Gasteiger charge is 2.16. The quantitative estimate of drug-likeness (QED) is 0.813. The van der Waals surface area contributed by atoms with E-state index >= 15 is 0 Å². The normalized spacial score (nSPS) is 17.3. The lowest BCUT2D eigenvalue weighted by Gasteiger charge is -2.09. The molecule has 1 atom stereocenters. The average molecular weight is 307 g/mol. The van der Waals surface area contributed by atoms with Crippen molar-refractivity contribution >= 4 is 5.78 Å². The number of hydrogen-bond donors (Lipinski definition) is 1. The van der Waals surface area contributed by atoms with E-state index in [2.05, 4.69) is 48.6 Å². The molecule has 0 saturated carbocycles. The zero-order valence-electron chi connectivity index (χ0n) is 13.8. The fraction of sp³-hybridized carbons (Fsp3) is 0.381. The van der Waals surface area contributed by atoms with Crippen LogP contribution >= 0.6 is 0 Å². The van der Waals surface area contributed by atoms with Gasteiger partial charge in [0.25, 0.3) is 0 Å². The van der Waals surface area contributed by atoms with E-state index in [0.29, 0.717) is 12.3 Å². The predicted molar refractivity (Wildman–Crippen MR) is 95.1 cm³/mol. The molecule has 1 N–H and O–H groups in total. The third-order valence-electron chi connectivity index (χ3n) is 4.69. The van der Waals surface area contributed by atoms with Gasteiger partial charge in [0.15, 0.2) is 5.78 Å². The Hall–Kier alpha value is -1.93. The molecule has 1 saturated heterocycles. The number of nitrogens with one attached hydrogen (secondary N) is 1. The van der Waals surface area contributed by atoms with Crippen LogP contribution in [0.2, 0.25) is 0 Å². The number of benzene rings is 2. The van der Waals surface area contributed by atoms with Crippen LogP contribution in [0.5, 0.6) is 0 Å². The minimum absolute atomic E-state index is 0.198. The highest BCUT2D eigenvalue weighted by Crippen LogP contribution is 2.22. The monoisotopic (exact) mass is 307 g/mol. The van der Waals surface area contributed by atoms with Gasteiger partial charge in [-0.3, -0.25) is 4.79 Å². The van der Waals surface area contributed by atoms with Crippen LogP contribution in [0.3, 0.4) is 0 Å². The van der Waals surface area contributed by atoms with Crippen molar-refractivity contribution in [3.63, 3.8) is 0 Å². The maximum absolute atomic E-state index is 12.4. The zero-order chi connectivity index (χ0) is 16.1. The lowest BCUT2D eigenvalue weighted by atomic mass is 9.95. The molecule has 2 aromatic rings. The molecular weight excluding hydrogens is 282 g/mol.